The zero-order valence-corrected chi connectivity index (χ0v) is 17.2. The summed E-state index contributed by atoms with van der Waals surface area (Å²) < 4.78 is 0. The summed E-state index contributed by atoms with van der Waals surface area (Å²) in [7, 11) is 0. The summed E-state index contributed by atoms with van der Waals surface area (Å²) in [5, 5.41) is 3.78. The number of nitrogens with one attached hydrogen (secondary N) is 1. The number of amides is 1. The molecule has 5 heteroatoms. The highest BCUT2D eigenvalue weighted by Gasteiger charge is 2.36. The van der Waals surface area contributed by atoms with Gasteiger partial charge in [-0.15, -0.1) is 0 Å². The SMILES string of the molecule is CCN(C(=O)CCC[C@H]1NC[C@@H]2C[C@@H]1CN(Cc1cccnc1)C2)C(C)C. The van der Waals surface area contributed by atoms with Crippen LogP contribution in [0.1, 0.15) is 52.0 Å². The van der Waals surface area contributed by atoms with Gasteiger partial charge >= 0.3 is 0 Å². The van der Waals surface area contributed by atoms with E-state index in [0.29, 0.717) is 30.3 Å². The second-order valence-corrected chi connectivity index (χ2v) is 8.60. The molecule has 1 amide bonds. The molecule has 2 bridgehead atoms. The lowest BCUT2D eigenvalue weighted by atomic mass is 9.79. The topological polar surface area (TPSA) is 48.5 Å². The maximum atomic E-state index is 12.4. The Kier molecular flexibility index (Phi) is 7.25. The van der Waals surface area contributed by atoms with Gasteiger partial charge in [-0.3, -0.25) is 14.7 Å². The standard InChI is InChI=1S/C22H36N4O/c1-4-26(17(2)3)22(27)9-5-8-21-20-11-19(13-24-21)15-25(16-20)14-18-7-6-10-23-12-18/h6-7,10,12,17,19-21,24H,4-5,8-9,11,13-16H2,1-3H3/t19-,20+,21+/m0/s1. The van der Waals surface area contributed by atoms with Crippen LogP contribution in [0.4, 0.5) is 0 Å². The minimum absolute atomic E-state index is 0.301. The van der Waals surface area contributed by atoms with Crippen molar-refractivity contribution in [3.63, 3.8) is 0 Å². The summed E-state index contributed by atoms with van der Waals surface area (Å²) in [5.74, 6) is 1.77. The number of carbonyl (C=O) groups excluding carboxylic acids is 1. The molecule has 1 N–H and O–H groups in total. The lowest BCUT2D eigenvalue weighted by Crippen LogP contribution is -2.55. The van der Waals surface area contributed by atoms with E-state index in [1.807, 2.05) is 23.4 Å². The number of aromatic nitrogens is 1. The zero-order valence-electron chi connectivity index (χ0n) is 17.2. The number of fused-ring (bicyclic) bond motifs is 2. The van der Waals surface area contributed by atoms with Crippen molar-refractivity contribution in [2.24, 2.45) is 11.8 Å². The highest BCUT2D eigenvalue weighted by molar-refractivity contribution is 5.76. The van der Waals surface area contributed by atoms with E-state index in [2.05, 4.69) is 42.0 Å². The summed E-state index contributed by atoms with van der Waals surface area (Å²) in [6.45, 7) is 11.5. The van der Waals surface area contributed by atoms with Gasteiger partial charge in [0.2, 0.25) is 5.91 Å². The van der Waals surface area contributed by atoms with E-state index in [4.69, 9.17) is 0 Å². The van der Waals surface area contributed by atoms with Crippen LogP contribution < -0.4 is 5.32 Å². The minimum Gasteiger partial charge on any atom is -0.341 e. The van der Waals surface area contributed by atoms with Crippen molar-refractivity contribution in [2.45, 2.75) is 65.1 Å². The first-order valence-corrected chi connectivity index (χ1v) is 10.7. The highest BCUT2D eigenvalue weighted by atomic mass is 16.2. The smallest absolute Gasteiger partial charge is 0.222 e. The third kappa shape index (κ3) is 5.52. The predicted octanol–water partition coefficient (Wildman–Crippen LogP) is 2.92. The zero-order chi connectivity index (χ0) is 19.2. The van der Waals surface area contributed by atoms with Crippen LogP contribution in [-0.2, 0) is 11.3 Å². The predicted molar refractivity (Wildman–Crippen MR) is 109 cm³/mol. The first-order chi connectivity index (χ1) is 13.1. The molecular formula is C22H36N4O. The highest BCUT2D eigenvalue weighted by Crippen LogP contribution is 2.31. The fourth-order valence-electron chi connectivity index (χ4n) is 4.94. The molecule has 1 aromatic heterocycles. The maximum Gasteiger partial charge on any atom is 0.222 e. The third-order valence-corrected chi connectivity index (χ3v) is 6.20. The number of nitrogens with zero attached hydrogens (tertiary/aromatic N) is 3. The number of pyridine rings is 1. The average Bonchev–Trinajstić information content (AvgIpc) is 2.64. The normalized spacial score (nSPS) is 25.6. The van der Waals surface area contributed by atoms with Crippen LogP contribution >= 0.6 is 0 Å². The van der Waals surface area contributed by atoms with E-state index >= 15 is 0 Å². The summed E-state index contributed by atoms with van der Waals surface area (Å²) in [5.41, 5.74) is 1.31. The molecule has 2 fully saturated rings. The Balaban J connectivity index is 1.47. The van der Waals surface area contributed by atoms with Crippen LogP contribution in [0.3, 0.4) is 0 Å². The Morgan fingerprint density at radius 1 is 1.41 bits per heavy atom. The van der Waals surface area contributed by atoms with Crippen LogP contribution in [0.2, 0.25) is 0 Å². The van der Waals surface area contributed by atoms with Crippen LogP contribution in [0.5, 0.6) is 0 Å². The van der Waals surface area contributed by atoms with Crippen molar-refractivity contribution in [1.29, 1.82) is 0 Å². The van der Waals surface area contributed by atoms with Gasteiger partial charge in [-0.1, -0.05) is 6.07 Å². The number of piperidine rings is 2. The third-order valence-electron chi connectivity index (χ3n) is 6.20. The summed E-state index contributed by atoms with van der Waals surface area (Å²) in [4.78, 5) is 21.3. The largest absolute Gasteiger partial charge is 0.341 e. The van der Waals surface area contributed by atoms with Crippen LogP contribution in [0, 0.1) is 11.8 Å². The molecule has 0 spiro atoms. The first-order valence-electron chi connectivity index (χ1n) is 10.7. The quantitative estimate of drug-likeness (QED) is 0.762. The van der Waals surface area contributed by atoms with Gasteiger partial charge in [0.25, 0.3) is 0 Å². The number of hydrogen-bond donors (Lipinski definition) is 1. The van der Waals surface area contributed by atoms with Gasteiger partial charge in [0.15, 0.2) is 0 Å². The molecular weight excluding hydrogens is 336 g/mol. The lowest BCUT2D eigenvalue weighted by Gasteiger charge is -2.46. The molecule has 0 unspecified atom stereocenters. The molecule has 2 saturated heterocycles. The number of carbonyl (C=O) groups is 1. The van der Waals surface area contributed by atoms with Crippen molar-refractivity contribution in [1.82, 2.24) is 20.1 Å². The van der Waals surface area contributed by atoms with Crippen LogP contribution in [0.25, 0.3) is 0 Å². The summed E-state index contributed by atoms with van der Waals surface area (Å²) in [6.07, 6.45) is 7.94. The average molecular weight is 373 g/mol. The fraction of sp³-hybridized carbons (Fsp3) is 0.727. The van der Waals surface area contributed by atoms with E-state index in [-0.39, 0.29) is 0 Å². The van der Waals surface area contributed by atoms with Crippen molar-refractivity contribution in [3.8, 4) is 0 Å². The second kappa shape index (κ2) is 9.65. The number of hydrogen-bond acceptors (Lipinski definition) is 4. The molecule has 3 heterocycles. The van der Waals surface area contributed by atoms with E-state index in [1.54, 1.807) is 0 Å². The first kappa shape index (κ1) is 20.3. The van der Waals surface area contributed by atoms with Gasteiger partial charge in [-0.05, 0) is 70.0 Å². The molecule has 5 nitrogen and oxygen atoms in total. The summed E-state index contributed by atoms with van der Waals surface area (Å²) in [6, 6.07) is 5.06. The van der Waals surface area contributed by atoms with Crippen molar-refractivity contribution in [2.75, 3.05) is 26.2 Å². The number of rotatable bonds is 8. The maximum absolute atomic E-state index is 12.4. The Morgan fingerprint density at radius 2 is 2.26 bits per heavy atom. The van der Waals surface area contributed by atoms with E-state index < -0.39 is 0 Å². The van der Waals surface area contributed by atoms with Gasteiger partial charge in [0.05, 0.1) is 0 Å². The Hall–Kier alpha value is -1.46. The molecule has 1 aromatic rings. The van der Waals surface area contributed by atoms with Crippen molar-refractivity contribution < 1.29 is 4.79 Å². The van der Waals surface area contributed by atoms with Gasteiger partial charge in [0, 0.05) is 57.1 Å². The molecule has 27 heavy (non-hydrogen) atoms. The molecule has 2 aliphatic heterocycles. The number of likely N-dealkylation sites (tertiary alicyclic amines) is 1. The molecule has 0 saturated carbocycles. The monoisotopic (exact) mass is 372 g/mol. The van der Waals surface area contributed by atoms with Gasteiger partial charge in [0.1, 0.15) is 0 Å². The van der Waals surface area contributed by atoms with Crippen LogP contribution in [-0.4, -0.2) is 59.0 Å². The molecule has 150 valence electrons. The Labute approximate surface area is 164 Å². The van der Waals surface area contributed by atoms with Crippen LogP contribution in [0.15, 0.2) is 24.5 Å². The van der Waals surface area contributed by atoms with E-state index in [1.165, 1.54) is 18.5 Å². The Bertz CT molecular complexity index is 591. The second-order valence-electron chi connectivity index (χ2n) is 8.60. The fourth-order valence-corrected chi connectivity index (χ4v) is 4.94. The van der Waals surface area contributed by atoms with Gasteiger partial charge in [-0.2, -0.15) is 0 Å². The molecule has 3 atom stereocenters. The Morgan fingerprint density at radius 3 is 2.96 bits per heavy atom. The van der Waals surface area contributed by atoms with Gasteiger partial charge in [-0.25, -0.2) is 0 Å². The van der Waals surface area contributed by atoms with E-state index in [0.717, 1.165) is 44.9 Å². The molecule has 0 radical (unpaired) electrons. The molecule has 2 aliphatic rings. The van der Waals surface area contributed by atoms with E-state index in [9.17, 15) is 4.79 Å². The molecule has 0 aromatic carbocycles. The van der Waals surface area contributed by atoms with Crippen molar-refractivity contribution in [3.05, 3.63) is 30.1 Å². The van der Waals surface area contributed by atoms with Crippen molar-refractivity contribution >= 4 is 5.91 Å². The molecule has 0 aliphatic carbocycles. The van der Waals surface area contributed by atoms with Gasteiger partial charge < -0.3 is 10.2 Å². The minimum atomic E-state index is 0.301. The molecule has 3 rings (SSSR count). The summed E-state index contributed by atoms with van der Waals surface area (Å²) >= 11 is 0. The lowest BCUT2D eigenvalue weighted by molar-refractivity contribution is -0.132.